The number of thioether (sulfide) groups is 1. The smallest absolute Gasteiger partial charge is 0.283 e. The minimum atomic E-state index is -0.398. The van der Waals surface area contributed by atoms with Gasteiger partial charge < -0.3 is 4.57 Å². The monoisotopic (exact) mass is 472 g/mol. The van der Waals surface area contributed by atoms with Crippen molar-refractivity contribution in [2.24, 2.45) is 4.99 Å². The van der Waals surface area contributed by atoms with Crippen molar-refractivity contribution in [3.05, 3.63) is 98.7 Å². The summed E-state index contributed by atoms with van der Waals surface area (Å²) < 4.78 is 2.13. The van der Waals surface area contributed by atoms with Gasteiger partial charge in [-0.2, -0.15) is 4.99 Å². The second kappa shape index (κ2) is 8.21. The fourth-order valence-electron chi connectivity index (χ4n) is 4.21. The van der Waals surface area contributed by atoms with E-state index in [0.29, 0.717) is 10.2 Å². The number of hydrogen-bond donors (Lipinski definition) is 1. The Balaban J connectivity index is 1.57. The molecule has 0 bridgehead atoms. The highest BCUT2D eigenvalue weighted by Gasteiger charge is 2.36. The number of aryl methyl sites for hydroxylation is 1. The number of amidine groups is 2. The van der Waals surface area contributed by atoms with E-state index in [1.54, 1.807) is 11.0 Å². The number of aromatic nitrogens is 1. The van der Waals surface area contributed by atoms with Crippen LogP contribution in [0.2, 0.25) is 5.02 Å². The Labute approximate surface area is 201 Å². The first-order valence-corrected chi connectivity index (χ1v) is 11.7. The topological polar surface area (TPSA) is 61.5 Å². The molecule has 1 amide bonds. The summed E-state index contributed by atoms with van der Waals surface area (Å²) in [6, 6.07) is 17.7. The number of aliphatic imine (C=N–C) groups is 1. The third kappa shape index (κ3) is 3.56. The fourth-order valence-corrected chi connectivity index (χ4v) is 5.27. The van der Waals surface area contributed by atoms with Gasteiger partial charge in [0.2, 0.25) is 0 Å². The van der Waals surface area contributed by atoms with Crippen LogP contribution in [0.3, 0.4) is 0 Å². The average molecular weight is 473 g/mol. The molecule has 5 nitrogen and oxygen atoms in total. The van der Waals surface area contributed by atoms with Gasteiger partial charge in [-0.25, -0.2) is 0 Å². The molecule has 0 aliphatic carbocycles. The van der Waals surface area contributed by atoms with Gasteiger partial charge in [-0.1, -0.05) is 59.8 Å². The Morgan fingerprint density at radius 3 is 2.58 bits per heavy atom. The third-order valence-electron chi connectivity index (χ3n) is 5.93. The van der Waals surface area contributed by atoms with E-state index >= 15 is 0 Å². The van der Waals surface area contributed by atoms with Crippen molar-refractivity contribution in [2.45, 2.75) is 20.8 Å². The molecular formula is C26H21ClN4OS. The van der Waals surface area contributed by atoms with Gasteiger partial charge >= 0.3 is 0 Å². The summed E-state index contributed by atoms with van der Waals surface area (Å²) in [5, 5.41) is 12.0. The van der Waals surface area contributed by atoms with Crippen LogP contribution in [0.1, 0.15) is 28.1 Å². The van der Waals surface area contributed by atoms with Crippen LogP contribution in [0.25, 0.3) is 17.5 Å². The van der Waals surface area contributed by atoms with Gasteiger partial charge in [0.25, 0.3) is 5.91 Å². The molecular weight excluding hydrogens is 452 g/mol. The fraction of sp³-hybridized carbons (Fsp3) is 0.115. The van der Waals surface area contributed by atoms with E-state index in [4.69, 9.17) is 17.0 Å². The standard InChI is InChI=1S/C26H21ClN4OS/c1-15-12-19(17(3)30(15)22-11-7-10-21(27)16(22)2)13-20-24(28)31-23(18-8-5-4-6-9-18)14-33-26(31)29-25(20)32/h4-14,28H,1-3H3/b20-13-,28-24?. The van der Waals surface area contributed by atoms with Gasteiger partial charge in [0.05, 0.1) is 11.3 Å². The van der Waals surface area contributed by atoms with Crippen molar-refractivity contribution in [1.82, 2.24) is 9.47 Å². The zero-order valence-corrected chi connectivity index (χ0v) is 20.0. The maximum Gasteiger partial charge on any atom is 0.283 e. The molecule has 0 fully saturated rings. The van der Waals surface area contributed by atoms with Crippen LogP contribution in [0.4, 0.5) is 0 Å². The van der Waals surface area contributed by atoms with E-state index in [-0.39, 0.29) is 11.4 Å². The molecule has 0 radical (unpaired) electrons. The summed E-state index contributed by atoms with van der Waals surface area (Å²) in [6.45, 7) is 6.02. The second-order valence-corrected chi connectivity index (χ2v) is 9.22. The number of hydrogen-bond acceptors (Lipinski definition) is 3. The molecule has 1 N–H and O–H groups in total. The quantitative estimate of drug-likeness (QED) is 0.451. The molecule has 33 heavy (non-hydrogen) atoms. The number of rotatable bonds is 3. The number of nitrogens with zero attached hydrogens (tertiary/aromatic N) is 3. The van der Waals surface area contributed by atoms with Gasteiger partial charge in [-0.05, 0) is 61.7 Å². The van der Waals surface area contributed by atoms with Crippen molar-refractivity contribution in [2.75, 3.05) is 0 Å². The minimum absolute atomic E-state index is 0.133. The lowest BCUT2D eigenvalue weighted by molar-refractivity contribution is -0.114. The van der Waals surface area contributed by atoms with Crippen LogP contribution in [0, 0.1) is 26.2 Å². The lowest BCUT2D eigenvalue weighted by atomic mass is 10.1. The largest absolute Gasteiger partial charge is 0.318 e. The average Bonchev–Trinajstić information content (AvgIpc) is 3.34. The van der Waals surface area contributed by atoms with E-state index in [2.05, 4.69) is 9.56 Å². The molecule has 3 aromatic rings. The Hall–Kier alpha value is -3.35. The minimum Gasteiger partial charge on any atom is -0.318 e. The SMILES string of the molecule is Cc1c(Cl)cccc1-n1c(C)cc(/C=C2/C(=N)N3C(c4ccccc4)=CSC3=NC2=O)c1C. The lowest BCUT2D eigenvalue weighted by Gasteiger charge is -2.26. The summed E-state index contributed by atoms with van der Waals surface area (Å²) in [4.78, 5) is 18.9. The van der Waals surface area contributed by atoms with Gasteiger partial charge in [0.15, 0.2) is 5.17 Å². The summed E-state index contributed by atoms with van der Waals surface area (Å²) in [7, 11) is 0. The maximum absolute atomic E-state index is 12.9. The van der Waals surface area contributed by atoms with E-state index in [1.807, 2.05) is 80.8 Å². The van der Waals surface area contributed by atoms with Crippen LogP contribution in [0.15, 0.2) is 70.6 Å². The lowest BCUT2D eigenvalue weighted by Crippen LogP contribution is -2.38. The molecule has 0 saturated heterocycles. The zero-order valence-electron chi connectivity index (χ0n) is 18.4. The number of fused-ring (bicyclic) bond motifs is 1. The van der Waals surface area contributed by atoms with E-state index < -0.39 is 5.91 Å². The van der Waals surface area contributed by atoms with Crippen LogP contribution in [-0.2, 0) is 4.79 Å². The van der Waals surface area contributed by atoms with Crippen LogP contribution >= 0.6 is 23.4 Å². The number of amides is 1. The Morgan fingerprint density at radius 2 is 1.82 bits per heavy atom. The molecule has 2 aromatic carbocycles. The maximum atomic E-state index is 12.9. The molecule has 7 heteroatoms. The predicted molar refractivity (Wildman–Crippen MR) is 137 cm³/mol. The predicted octanol–water partition coefficient (Wildman–Crippen LogP) is 6.36. The number of carbonyl (C=O) groups excluding carboxylic acids is 1. The Kier molecular flexibility index (Phi) is 5.35. The molecule has 0 unspecified atom stereocenters. The van der Waals surface area contributed by atoms with Crippen LogP contribution < -0.4 is 0 Å². The molecule has 0 atom stereocenters. The van der Waals surface area contributed by atoms with Crippen molar-refractivity contribution in [3.8, 4) is 5.69 Å². The summed E-state index contributed by atoms with van der Waals surface area (Å²) >= 11 is 7.72. The van der Waals surface area contributed by atoms with E-state index in [9.17, 15) is 4.79 Å². The van der Waals surface area contributed by atoms with Crippen molar-refractivity contribution in [1.29, 1.82) is 5.41 Å². The summed E-state index contributed by atoms with van der Waals surface area (Å²) in [6.07, 6.45) is 1.77. The van der Waals surface area contributed by atoms with Gasteiger partial charge in [0, 0.05) is 27.5 Å². The molecule has 1 aromatic heterocycles. The number of halogens is 1. The summed E-state index contributed by atoms with van der Waals surface area (Å²) in [5.74, 6) is -0.265. The first kappa shape index (κ1) is 21.5. The van der Waals surface area contributed by atoms with E-state index in [1.165, 1.54) is 11.8 Å². The molecule has 2 aliphatic heterocycles. The highest BCUT2D eigenvalue weighted by atomic mass is 35.5. The normalized spacial score (nSPS) is 16.8. The van der Waals surface area contributed by atoms with Gasteiger partial charge in [-0.3, -0.25) is 15.1 Å². The molecule has 164 valence electrons. The second-order valence-electron chi connectivity index (χ2n) is 7.97. The highest BCUT2D eigenvalue weighted by Crippen LogP contribution is 2.37. The summed E-state index contributed by atoms with van der Waals surface area (Å²) in [5.41, 5.74) is 6.94. The molecule has 2 aliphatic rings. The van der Waals surface area contributed by atoms with Crippen molar-refractivity contribution in [3.63, 3.8) is 0 Å². The molecule has 0 saturated carbocycles. The van der Waals surface area contributed by atoms with Gasteiger partial charge in [0.1, 0.15) is 5.84 Å². The van der Waals surface area contributed by atoms with Crippen molar-refractivity contribution >= 4 is 52.0 Å². The number of nitrogens with one attached hydrogen (secondary N) is 1. The molecule has 5 rings (SSSR count). The number of benzene rings is 2. The molecule has 0 spiro atoms. The van der Waals surface area contributed by atoms with Crippen molar-refractivity contribution < 1.29 is 4.79 Å². The van der Waals surface area contributed by atoms with Crippen LogP contribution in [-0.4, -0.2) is 26.4 Å². The molecule has 3 heterocycles. The van der Waals surface area contributed by atoms with Crippen LogP contribution in [0.5, 0.6) is 0 Å². The first-order chi connectivity index (χ1) is 15.9. The third-order valence-corrected chi connectivity index (χ3v) is 7.17. The zero-order chi connectivity index (χ0) is 23.3. The first-order valence-electron chi connectivity index (χ1n) is 10.5. The Morgan fingerprint density at radius 1 is 1.06 bits per heavy atom. The number of carbonyl (C=O) groups is 1. The van der Waals surface area contributed by atoms with Gasteiger partial charge in [-0.15, -0.1) is 0 Å². The van der Waals surface area contributed by atoms with E-state index in [0.717, 1.165) is 39.5 Å². The highest BCUT2D eigenvalue weighted by molar-refractivity contribution is 8.17. The Bertz CT molecular complexity index is 1420.